The number of carbonyl (C=O) groups excluding carboxylic acids is 2. The number of benzene rings is 2. The molecule has 1 aliphatic heterocycles. The van der Waals surface area contributed by atoms with Crippen LogP contribution < -0.4 is 10.2 Å². The maximum atomic E-state index is 12.7. The summed E-state index contributed by atoms with van der Waals surface area (Å²) >= 11 is 1.22. The molecule has 1 aromatic heterocycles. The third kappa shape index (κ3) is 5.87. The largest absolute Gasteiger partial charge is 0.311 e. The van der Waals surface area contributed by atoms with Gasteiger partial charge in [-0.05, 0) is 23.6 Å². The molecule has 10 heteroatoms. The van der Waals surface area contributed by atoms with E-state index in [0.29, 0.717) is 28.7 Å². The van der Waals surface area contributed by atoms with Crippen molar-refractivity contribution in [3.05, 3.63) is 70.7 Å². The summed E-state index contributed by atoms with van der Waals surface area (Å²) in [5, 5.41) is 11.8. The van der Waals surface area contributed by atoms with E-state index in [1.165, 1.54) is 11.3 Å². The Bertz CT molecular complexity index is 1270. The van der Waals surface area contributed by atoms with Crippen molar-refractivity contribution in [2.24, 2.45) is 0 Å². The number of sulfone groups is 1. The standard InChI is InChI=1S/C24H26N4O4S2/c1-2-18-10-6-7-11-20(18)28-15-19(14-22(28)30)23-26-27-24(33-23)25-21(29)12-13-34(31,32)16-17-8-4-3-5-9-17/h3-11,19H,2,12-16H2,1H3,(H,25,27,29). The molecule has 34 heavy (non-hydrogen) atoms. The fourth-order valence-corrected chi connectivity index (χ4v) is 6.15. The van der Waals surface area contributed by atoms with Gasteiger partial charge in [0, 0.05) is 31.0 Å². The molecule has 0 radical (unpaired) electrons. The maximum absolute atomic E-state index is 12.7. The number of hydrogen-bond donors (Lipinski definition) is 1. The second kappa shape index (κ2) is 10.4. The van der Waals surface area contributed by atoms with Gasteiger partial charge in [0.05, 0.1) is 11.5 Å². The molecule has 2 amide bonds. The molecule has 178 valence electrons. The van der Waals surface area contributed by atoms with Crippen LogP contribution in [0.1, 0.15) is 41.8 Å². The molecule has 1 saturated heterocycles. The first-order chi connectivity index (χ1) is 16.3. The molecular formula is C24H26N4O4S2. The number of carbonyl (C=O) groups is 2. The van der Waals surface area contributed by atoms with E-state index in [4.69, 9.17) is 0 Å². The van der Waals surface area contributed by atoms with Crippen LogP contribution in [0.4, 0.5) is 10.8 Å². The van der Waals surface area contributed by atoms with Crippen LogP contribution in [0.3, 0.4) is 0 Å². The molecule has 2 aromatic carbocycles. The van der Waals surface area contributed by atoms with Crippen LogP contribution in [-0.4, -0.2) is 42.7 Å². The zero-order valence-electron chi connectivity index (χ0n) is 18.8. The molecule has 1 unspecified atom stereocenters. The Kier molecular flexibility index (Phi) is 7.38. The first kappa shape index (κ1) is 24.0. The van der Waals surface area contributed by atoms with E-state index >= 15 is 0 Å². The van der Waals surface area contributed by atoms with Crippen molar-refractivity contribution in [2.75, 3.05) is 22.5 Å². The van der Waals surface area contributed by atoms with Crippen molar-refractivity contribution in [2.45, 2.75) is 37.9 Å². The summed E-state index contributed by atoms with van der Waals surface area (Å²) in [6, 6.07) is 16.7. The molecule has 1 fully saturated rings. The number of aromatic nitrogens is 2. The van der Waals surface area contributed by atoms with E-state index in [1.807, 2.05) is 30.3 Å². The average Bonchev–Trinajstić information content (AvgIpc) is 3.44. The number of aryl methyl sites for hydroxylation is 1. The summed E-state index contributed by atoms with van der Waals surface area (Å²) in [5.41, 5.74) is 2.73. The molecule has 2 heterocycles. The van der Waals surface area contributed by atoms with Crippen LogP contribution >= 0.6 is 11.3 Å². The minimum atomic E-state index is -3.41. The van der Waals surface area contributed by atoms with Crippen molar-refractivity contribution >= 4 is 43.8 Å². The first-order valence-electron chi connectivity index (χ1n) is 11.1. The fraction of sp³-hybridized carbons (Fsp3) is 0.333. The lowest BCUT2D eigenvalue weighted by molar-refractivity contribution is -0.117. The SMILES string of the molecule is CCc1ccccc1N1CC(c2nnc(NC(=O)CCS(=O)(=O)Cc3ccccc3)s2)CC1=O. The maximum Gasteiger partial charge on any atom is 0.227 e. The average molecular weight is 499 g/mol. The van der Waals surface area contributed by atoms with E-state index in [1.54, 1.807) is 29.2 Å². The summed E-state index contributed by atoms with van der Waals surface area (Å²) in [6.07, 6.45) is 1.01. The first-order valence-corrected chi connectivity index (χ1v) is 13.7. The van der Waals surface area contributed by atoms with Gasteiger partial charge in [-0.1, -0.05) is 66.8 Å². The molecule has 3 aromatic rings. The van der Waals surface area contributed by atoms with Crippen molar-refractivity contribution in [3.8, 4) is 0 Å². The third-order valence-electron chi connectivity index (χ3n) is 5.69. The number of rotatable bonds is 9. The summed E-state index contributed by atoms with van der Waals surface area (Å²) in [7, 11) is -3.41. The minimum Gasteiger partial charge on any atom is -0.311 e. The fourth-order valence-electron chi connectivity index (χ4n) is 3.96. The molecule has 1 N–H and O–H groups in total. The lowest BCUT2D eigenvalue weighted by Gasteiger charge is -2.19. The highest BCUT2D eigenvalue weighted by molar-refractivity contribution is 7.90. The summed E-state index contributed by atoms with van der Waals surface area (Å²) in [6.45, 7) is 2.57. The normalized spacial score (nSPS) is 16.1. The number of amides is 2. The van der Waals surface area contributed by atoms with Crippen LogP contribution in [0.2, 0.25) is 0 Å². The van der Waals surface area contributed by atoms with Gasteiger partial charge >= 0.3 is 0 Å². The Labute approximate surface area is 202 Å². The van der Waals surface area contributed by atoms with E-state index in [0.717, 1.165) is 17.7 Å². The second-order valence-corrected chi connectivity index (χ2v) is 11.4. The Morgan fingerprint density at radius 1 is 1.12 bits per heavy atom. The van der Waals surface area contributed by atoms with Gasteiger partial charge in [-0.3, -0.25) is 9.59 Å². The molecule has 1 atom stereocenters. The monoisotopic (exact) mass is 498 g/mol. The number of nitrogens with zero attached hydrogens (tertiary/aromatic N) is 3. The number of anilines is 2. The highest BCUT2D eigenvalue weighted by Gasteiger charge is 2.34. The summed E-state index contributed by atoms with van der Waals surface area (Å²) in [4.78, 5) is 26.8. The van der Waals surface area contributed by atoms with Gasteiger partial charge in [-0.25, -0.2) is 8.42 Å². The van der Waals surface area contributed by atoms with Crippen LogP contribution in [0.5, 0.6) is 0 Å². The highest BCUT2D eigenvalue weighted by atomic mass is 32.2. The van der Waals surface area contributed by atoms with Gasteiger partial charge in [-0.2, -0.15) is 0 Å². The van der Waals surface area contributed by atoms with Gasteiger partial charge in [0.2, 0.25) is 16.9 Å². The van der Waals surface area contributed by atoms with E-state index < -0.39 is 15.7 Å². The molecule has 8 nitrogen and oxygen atoms in total. The molecular weight excluding hydrogens is 472 g/mol. The van der Waals surface area contributed by atoms with Gasteiger partial charge in [0.1, 0.15) is 5.01 Å². The Morgan fingerprint density at radius 3 is 2.62 bits per heavy atom. The Balaban J connectivity index is 1.33. The van der Waals surface area contributed by atoms with E-state index in [-0.39, 0.29) is 29.8 Å². The lowest BCUT2D eigenvalue weighted by Crippen LogP contribution is -2.25. The van der Waals surface area contributed by atoms with Crippen LogP contribution in [0, 0.1) is 0 Å². The minimum absolute atomic E-state index is 0.0373. The van der Waals surface area contributed by atoms with E-state index in [2.05, 4.69) is 22.4 Å². The van der Waals surface area contributed by atoms with Crippen LogP contribution in [-0.2, 0) is 31.6 Å². The molecule has 1 aliphatic rings. The number of hydrogen-bond acceptors (Lipinski definition) is 7. The number of para-hydroxylation sites is 1. The molecule has 0 saturated carbocycles. The molecule has 4 rings (SSSR count). The Hall–Kier alpha value is -3.11. The third-order valence-corrected chi connectivity index (χ3v) is 8.29. The van der Waals surface area contributed by atoms with E-state index in [9.17, 15) is 18.0 Å². The van der Waals surface area contributed by atoms with Gasteiger partial charge in [0.25, 0.3) is 0 Å². The van der Waals surface area contributed by atoms with Crippen molar-refractivity contribution < 1.29 is 18.0 Å². The van der Waals surface area contributed by atoms with Crippen LogP contribution in [0.25, 0.3) is 0 Å². The molecule has 0 bridgehead atoms. The van der Waals surface area contributed by atoms with Crippen molar-refractivity contribution in [1.29, 1.82) is 0 Å². The van der Waals surface area contributed by atoms with Crippen LogP contribution in [0.15, 0.2) is 54.6 Å². The number of nitrogens with one attached hydrogen (secondary N) is 1. The highest BCUT2D eigenvalue weighted by Crippen LogP contribution is 2.35. The topological polar surface area (TPSA) is 109 Å². The van der Waals surface area contributed by atoms with Gasteiger partial charge in [-0.15, -0.1) is 10.2 Å². The van der Waals surface area contributed by atoms with Crippen molar-refractivity contribution in [1.82, 2.24) is 10.2 Å². The van der Waals surface area contributed by atoms with Gasteiger partial charge in [0.15, 0.2) is 9.84 Å². The smallest absolute Gasteiger partial charge is 0.227 e. The zero-order chi connectivity index (χ0) is 24.1. The zero-order valence-corrected chi connectivity index (χ0v) is 20.4. The molecule has 0 spiro atoms. The summed E-state index contributed by atoms with van der Waals surface area (Å²) < 4.78 is 24.6. The summed E-state index contributed by atoms with van der Waals surface area (Å²) in [5.74, 6) is -0.845. The predicted molar refractivity (Wildman–Crippen MR) is 133 cm³/mol. The van der Waals surface area contributed by atoms with Crippen molar-refractivity contribution in [3.63, 3.8) is 0 Å². The molecule has 0 aliphatic carbocycles. The Morgan fingerprint density at radius 2 is 1.85 bits per heavy atom. The predicted octanol–water partition coefficient (Wildman–Crippen LogP) is 3.56. The second-order valence-electron chi connectivity index (χ2n) is 8.21. The van der Waals surface area contributed by atoms with Gasteiger partial charge < -0.3 is 10.2 Å². The quantitative estimate of drug-likeness (QED) is 0.483. The lowest BCUT2D eigenvalue weighted by atomic mass is 10.1.